The minimum atomic E-state index is -0.566. The number of benzene rings is 2. The van der Waals surface area contributed by atoms with Crippen molar-refractivity contribution in [3.8, 4) is 0 Å². The van der Waals surface area contributed by atoms with E-state index in [0.717, 1.165) is 16.7 Å². The molecule has 0 radical (unpaired) electrons. The molecule has 0 aliphatic carbocycles. The molecule has 29 heavy (non-hydrogen) atoms. The van der Waals surface area contributed by atoms with E-state index in [-0.39, 0.29) is 18.2 Å². The van der Waals surface area contributed by atoms with Crippen LogP contribution in [0.4, 0.5) is 0 Å². The van der Waals surface area contributed by atoms with Crippen molar-refractivity contribution in [2.75, 3.05) is 6.54 Å². The minimum Gasteiger partial charge on any atom is -0.354 e. The first-order chi connectivity index (χ1) is 13.7. The van der Waals surface area contributed by atoms with Crippen LogP contribution in [-0.4, -0.2) is 29.3 Å². The zero-order valence-corrected chi connectivity index (χ0v) is 18.7. The van der Waals surface area contributed by atoms with Gasteiger partial charge in [-0.25, -0.2) is 0 Å². The third kappa shape index (κ3) is 6.90. The highest BCUT2D eigenvalue weighted by Gasteiger charge is 2.26. The Morgan fingerprint density at radius 2 is 1.59 bits per heavy atom. The highest BCUT2D eigenvalue weighted by atomic mass is 35.5. The maximum Gasteiger partial charge on any atom is 0.242 e. The molecule has 1 N–H and O–H groups in total. The molecule has 0 heterocycles. The monoisotopic (exact) mass is 414 g/mol. The Kier molecular flexibility index (Phi) is 8.27. The van der Waals surface area contributed by atoms with Crippen molar-refractivity contribution in [2.24, 2.45) is 5.92 Å². The van der Waals surface area contributed by atoms with Gasteiger partial charge in [-0.15, -0.1) is 0 Å². The lowest BCUT2D eigenvalue weighted by Gasteiger charge is -2.29. The number of carbonyl (C=O) groups excluding carboxylic acids is 2. The normalized spacial score (nSPS) is 12.0. The van der Waals surface area contributed by atoms with Crippen molar-refractivity contribution in [2.45, 2.75) is 53.6 Å². The molecule has 2 aromatic rings. The van der Waals surface area contributed by atoms with Gasteiger partial charge in [-0.1, -0.05) is 55.8 Å². The number of carbonyl (C=O) groups is 2. The molecule has 1 unspecified atom stereocenters. The lowest BCUT2D eigenvalue weighted by molar-refractivity contribution is -0.140. The second kappa shape index (κ2) is 10.4. The molecule has 4 nitrogen and oxygen atoms in total. The molecule has 0 fully saturated rings. The molecule has 0 aliphatic heterocycles. The minimum absolute atomic E-state index is 0.0737. The molecule has 156 valence electrons. The summed E-state index contributed by atoms with van der Waals surface area (Å²) in [6, 6.07) is 12.8. The number of aryl methyl sites for hydroxylation is 2. The zero-order valence-electron chi connectivity index (χ0n) is 18.0. The van der Waals surface area contributed by atoms with E-state index in [2.05, 4.69) is 12.2 Å². The topological polar surface area (TPSA) is 49.4 Å². The molecule has 5 heteroatoms. The van der Waals surface area contributed by atoms with Crippen LogP contribution in [0.2, 0.25) is 5.02 Å². The van der Waals surface area contributed by atoms with Gasteiger partial charge >= 0.3 is 0 Å². The number of nitrogens with zero attached hydrogens (tertiary/aromatic N) is 1. The number of halogens is 1. The summed E-state index contributed by atoms with van der Waals surface area (Å²) in [6.07, 6.45) is 0.260. The van der Waals surface area contributed by atoms with Crippen LogP contribution in [0.5, 0.6) is 0 Å². The number of hydrogen-bond donors (Lipinski definition) is 1. The van der Waals surface area contributed by atoms with Gasteiger partial charge in [-0.3, -0.25) is 9.59 Å². The van der Waals surface area contributed by atoms with E-state index in [9.17, 15) is 9.59 Å². The quantitative estimate of drug-likeness (QED) is 0.681. The molecule has 1 atom stereocenters. The summed E-state index contributed by atoms with van der Waals surface area (Å²) >= 11 is 5.98. The largest absolute Gasteiger partial charge is 0.354 e. The molecule has 0 bridgehead atoms. The summed E-state index contributed by atoms with van der Waals surface area (Å²) in [5.74, 6) is 0.138. The second-order valence-electron chi connectivity index (χ2n) is 8.06. The average Bonchev–Trinajstić information content (AvgIpc) is 2.67. The smallest absolute Gasteiger partial charge is 0.242 e. The third-order valence-corrected chi connectivity index (χ3v) is 5.30. The van der Waals surface area contributed by atoms with Crippen LogP contribution >= 0.6 is 11.6 Å². The van der Waals surface area contributed by atoms with Crippen molar-refractivity contribution < 1.29 is 9.59 Å². The van der Waals surface area contributed by atoms with E-state index in [4.69, 9.17) is 11.6 Å². The van der Waals surface area contributed by atoms with E-state index in [1.807, 2.05) is 51.1 Å². The summed E-state index contributed by atoms with van der Waals surface area (Å²) < 4.78 is 0. The first kappa shape index (κ1) is 23.0. The van der Waals surface area contributed by atoms with E-state index >= 15 is 0 Å². The molecule has 0 aliphatic rings. The highest BCUT2D eigenvalue weighted by Crippen LogP contribution is 2.16. The average molecular weight is 415 g/mol. The zero-order chi connectivity index (χ0) is 21.6. The highest BCUT2D eigenvalue weighted by molar-refractivity contribution is 6.30. The fourth-order valence-electron chi connectivity index (χ4n) is 3.01. The lowest BCUT2D eigenvalue weighted by atomic mass is 10.0. The van der Waals surface area contributed by atoms with E-state index in [1.54, 1.807) is 24.0 Å². The molecule has 0 spiro atoms. The van der Waals surface area contributed by atoms with Gasteiger partial charge in [0.1, 0.15) is 6.04 Å². The Morgan fingerprint density at radius 3 is 2.17 bits per heavy atom. The Hall–Kier alpha value is -2.33. The van der Waals surface area contributed by atoms with E-state index in [1.165, 1.54) is 5.56 Å². The maximum atomic E-state index is 13.2. The second-order valence-corrected chi connectivity index (χ2v) is 8.49. The van der Waals surface area contributed by atoms with Crippen molar-refractivity contribution in [3.63, 3.8) is 0 Å². The van der Waals surface area contributed by atoms with Crippen molar-refractivity contribution in [1.29, 1.82) is 0 Å². The van der Waals surface area contributed by atoms with E-state index in [0.29, 0.717) is 24.0 Å². The van der Waals surface area contributed by atoms with Crippen molar-refractivity contribution in [1.82, 2.24) is 10.2 Å². The summed E-state index contributed by atoms with van der Waals surface area (Å²) in [4.78, 5) is 27.5. The van der Waals surface area contributed by atoms with Gasteiger partial charge in [-0.2, -0.15) is 0 Å². The molecule has 0 aromatic heterocycles. The molecule has 2 amide bonds. The van der Waals surface area contributed by atoms with Crippen LogP contribution in [0.3, 0.4) is 0 Å². The Labute approximate surface area is 179 Å². The van der Waals surface area contributed by atoms with Crippen LogP contribution in [0.25, 0.3) is 0 Å². The fourth-order valence-corrected chi connectivity index (χ4v) is 3.14. The van der Waals surface area contributed by atoms with Gasteiger partial charge in [0.15, 0.2) is 0 Å². The van der Waals surface area contributed by atoms with Gasteiger partial charge < -0.3 is 10.2 Å². The van der Waals surface area contributed by atoms with Crippen LogP contribution < -0.4 is 5.32 Å². The van der Waals surface area contributed by atoms with Crippen LogP contribution in [0.15, 0.2) is 42.5 Å². The van der Waals surface area contributed by atoms with Crippen LogP contribution in [0.1, 0.15) is 43.0 Å². The van der Waals surface area contributed by atoms with Crippen LogP contribution in [0, 0.1) is 19.8 Å². The first-order valence-corrected chi connectivity index (χ1v) is 10.4. The van der Waals surface area contributed by atoms with Gasteiger partial charge in [0.25, 0.3) is 0 Å². The summed E-state index contributed by atoms with van der Waals surface area (Å²) in [6.45, 7) is 10.9. The van der Waals surface area contributed by atoms with Crippen LogP contribution in [-0.2, 0) is 22.6 Å². The van der Waals surface area contributed by atoms with Gasteiger partial charge in [0, 0.05) is 18.1 Å². The number of hydrogen-bond acceptors (Lipinski definition) is 2. The third-order valence-electron chi connectivity index (χ3n) is 5.04. The SMILES string of the molecule is Cc1ccc(CC(=O)N(Cc2ccc(Cl)cc2)C(C)C(=O)NCC(C)C)cc1C. The molecule has 2 rings (SSSR count). The lowest BCUT2D eigenvalue weighted by Crippen LogP contribution is -2.48. The fraction of sp³-hybridized carbons (Fsp3) is 0.417. The number of amides is 2. The van der Waals surface area contributed by atoms with Crippen molar-refractivity contribution >= 4 is 23.4 Å². The molecule has 2 aromatic carbocycles. The van der Waals surface area contributed by atoms with Gasteiger partial charge in [-0.05, 0) is 61.1 Å². The van der Waals surface area contributed by atoms with E-state index < -0.39 is 6.04 Å². The summed E-state index contributed by atoms with van der Waals surface area (Å²) in [5.41, 5.74) is 4.24. The van der Waals surface area contributed by atoms with Crippen molar-refractivity contribution in [3.05, 3.63) is 69.7 Å². The van der Waals surface area contributed by atoms with Gasteiger partial charge in [0.2, 0.25) is 11.8 Å². The number of nitrogens with one attached hydrogen (secondary N) is 1. The summed E-state index contributed by atoms with van der Waals surface area (Å²) in [5, 5.41) is 3.58. The predicted octanol–water partition coefficient (Wildman–Crippen LogP) is 4.69. The number of rotatable bonds is 8. The summed E-state index contributed by atoms with van der Waals surface area (Å²) in [7, 11) is 0. The maximum absolute atomic E-state index is 13.2. The Bertz CT molecular complexity index is 846. The Morgan fingerprint density at radius 1 is 0.966 bits per heavy atom. The molecule has 0 saturated carbocycles. The standard InChI is InChI=1S/C24H31ClN2O2/c1-16(2)14-26-24(29)19(5)27(15-20-8-10-22(25)11-9-20)23(28)13-21-7-6-17(3)18(4)12-21/h6-12,16,19H,13-15H2,1-5H3,(H,26,29). The predicted molar refractivity (Wildman–Crippen MR) is 119 cm³/mol. The molecule has 0 saturated heterocycles. The Balaban J connectivity index is 2.21. The van der Waals surface area contributed by atoms with Gasteiger partial charge in [0.05, 0.1) is 6.42 Å². The molecular formula is C24H31ClN2O2. The first-order valence-electron chi connectivity index (χ1n) is 10.0. The molecular weight excluding hydrogens is 384 g/mol.